The molecule has 1 aromatic carbocycles. The molecule has 0 saturated carbocycles. The quantitative estimate of drug-likeness (QED) is 0.792. The van der Waals surface area contributed by atoms with Crippen molar-refractivity contribution in [2.45, 2.75) is 23.9 Å². The van der Waals surface area contributed by atoms with E-state index >= 15 is 0 Å². The highest BCUT2D eigenvalue weighted by Gasteiger charge is 2.23. The van der Waals surface area contributed by atoms with E-state index in [1.54, 1.807) is 7.11 Å². The Labute approximate surface area is 129 Å². The molecule has 0 bridgehead atoms. The van der Waals surface area contributed by atoms with Crippen LogP contribution in [0.4, 0.5) is 0 Å². The van der Waals surface area contributed by atoms with Gasteiger partial charge in [0.15, 0.2) is 5.82 Å². The molecule has 3 rings (SSSR count). The van der Waals surface area contributed by atoms with Gasteiger partial charge in [-0.2, -0.15) is 5.10 Å². The topological polar surface area (TPSA) is 52.0 Å². The van der Waals surface area contributed by atoms with Crippen LogP contribution in [0, 0.1) is 0 Å². The number of fused-ring (bicyclic) bond motifs is 1. The van der Waals surface area contributed by atoms with Crippen LogP contribution < -0.4 is 5.32 Å². The van der Waals surface area contributed by atoms with Gasteiger partial charge in [0.05, 0.1) is 19.7 Å². The van der Waals surface area contributed by atoms with Gasteiger partial charge >= 0.3 is 0 Å². The maximum atomic E-state index is 5.00. The van der Waals surface area contributed by atoms with Gasteiger partial charge in [-0.25, -0.2) is 4.98 Å². The Balaban J connectivity index is 1.56. The van der Waals surface area contributed by atoms with Crippen molar-refractivity contribution in [3.8, 4) is 0 Å². The molecule has 0 saturated heterocycles. The first-order chi connectivity index (χ1) is 10.4. The number of nitrogens with zero attached hydrogens (tertiary/aromatic N) is 3. The minimum Gasteiger partial charge on any atom is -0.383 e. The van der Waals surface area contributed by atoms with Crippen molar-refractivity contribution in [3.05, 3.63) is 42.0 Å². The summed E-state index contributed by atoms with van der Waals surface area (Å²) in [6.45, 7) is 3.11. The molecule has 6 heteroatoms. The van der Waals surface area contributed by atoms with Gasteiger partial charge in [-0.3, -0.25) is 4.68 Å². The molecule has 1 aliphatic rings. The zero-order valence-corrected chi connectivity index (χ0v) is 13.0. The van der Waals surface area contributed by atoms with E-state index in [1.807, 2.05) is 22.8 Å². The van der Waals surface area contributed by atoms with Gasteiger partial charge in [0.2, 0.25) is 0 Å². The molecular weight excluding hydrogens is 284 g/mol. The van der Waals surface area contributed by atoms with Crippen LogP contribution in [-0.2, 0) is 17.8 Å². The van der Waals surface area contributed by atoms with Crippen LogP contribution in [0.1, 0.15) is 17.3 Å². The number of benzene rings is 1. The Morgan fingerprint density at radius 2 is 2.33 bits per heavy atom. The van der Waals surface area contributed by atoms with E-state index in [-0.39, 0.29) is 0 Å². The first-order valence-electron chi connectivity index (χ1n) is 7.16. The van der Waals surface area contributed by atoms with E-state index in [9.17, 15) is 0 Å². The number of aromatic nitrogens is 3. The number of hydrogen-bond donors (Lipinski definition) is 1. The predicted octanol–water partition coefficient (Wildman–Crippen LogP) is 1.90. The smallest absolute Gasteiger partial charge is 0.164 e. The number of hydrogen-bond acceptors (Lipinski definition) is 5. The highest BCUT2D eigenvalue weighted by atomic mass is 32.2. The third-order valence-corrected chi connectivity index (χ3v) is 4.81. The van der Waals surface area contributed by atoms with Crippen molar-refractivity contribution in [3.63, 3.8) is 0 Å². The highest BCUT2D eigenvalue weighted by molar-refractivity contribution is 7.99. The Morgan fingerprint density at radius 3 is 3.24 bits per heavy atom. The Bertz CT molecular complexity index is 587. The number of methoxy groups -OCH3 is 1. The molecule has 5 nitrogen and oxygen atoms in total. The lowest BCUT2D eigenvalue weighted by Gasteiger charge is -2.09. The fourth-order valence-corrected chi connectivity index (χ4v) is 3.72. The van der Waals surface area contributed by atoms with Crippen LogP contribution in [0.3, 0.4) is 0 Å². The molecule has 2 aromatic rings. The number of thioether (sulfide) groups is 1. The second-order valence-corrected chi connectivity index (χ2v) is 6.16. The van der Waals surface area contributed by atoms with Crippen LogP contribution in [0.2, 0.25) is 0 Å². The summed E-state index contributed by atoms with van der Waals surface area (Å²) in [5, 5.41) is 7.80. The molecule has 1 unspecified atom stereocenters. The van der Waals surface area contributed by atoms with Gasteiger partial charge in [-0.05, 0) is 11.6 Å². The third-order valence-electron chi connectivity index (χ3n) is 3.56. The largest absolute Gasteiger partial charge is 0.383 e. The normalized spacial score (nSPS) is 17.1. The lowest BCUT2D eigenvalue weighted by atomic mass is 10.0. The molecule has 1 atom stereocenters. The number of ether oxygens (including phenoxy) is 1. The average molecular weight is 304 g/mol. The SMILES string of the molecule is COCCNCc1ncn(CC2CSc3ccccc32)n1. The van der Waals surface area contributed by atoms with Crippen molar-refractivity contribution < 1.29 is 4.74 Å². The first kappa shape index (κ1) is 14.6. The van der Waals surface area contributed by atoms with Gasteiger partial charge in [0.1, 0.15) is 6.33 Å². The zero-order valence-electron chi connectivity index (χ0n) is 12.2. The second kappa shape index (κ2) is 7.06. The summed E-state index contributed by atoms with van der Waals surface area (Å²) in [5.74, 6) is 2.49. The zero-order chi connectivity index (χ0) is 14.5. The van der Waals surface area contributed by atoms with Crippen LogP contribution in [0.25, 0.3) is 0 Å². The molecule has 0 spiro atoms. The fraction of sp³-hybridized carbons (Fsp3) is 0.467. The summed E-state index contributed by atoms with van der Waals surface area (Å²) in [4.78, 5) is 5.76. The average Bonchev–Trinajstić information content (AvgIpc) is 3.12. The summed E-state index contributed by atoms with van der Waals surface area (Å²) >= 11 is 1.93. The molecule has 0 amide bonds. The van der Waals surface area contributed by atoms with Gasteiger partial charge in [-0.15, -0.1) is 11.8 Å². The molecule has 2 heterocycles. The number of rotatable bonds is 7. The molecule has 0 aliphatic carbocycles. The first-order valence-corrected chi connectivity index (χ1v) is 8.15. The van der Waals surface area contributed by atoms with Crippen molar-refractivity contribution in [2.75, 3.05) is 26.0 Å². The minimum absolute atomic E-state index is 0.530. The maximum Gasteiger partial charge on any atom is 0.164 e. The minimum atomic E-state index is 0.530. The standard InChI is InChI=1S/C15H20N4OS/c1-20-7-6-16-8-15-17-11-19(18-15)9-12-10-21-14-5-3-2-4-13(12)14/h2-5,11-12,16H,6-10H2,1H3. The maximum absolute atomic E-state index is 5.00. The van der Waals surface area contributed by atoms with E-state index in [0.29, 0.717) is 19.1 Å². The van der Waals surface area contributed by atoms with E-state index in [2.05, 4.69) is 39.7 Å². The van der Waals surface area contributed by atoms with E-state index in [1.165, 1.54) is 10.5 Å². The molecule has 112 valence electrons. The third kappa shape index (κ3) is 3.64. The molecule has 1 N–H and O–H groups in total. The molecule has 21 heavy (non-hydrogen) atoms. The summed E-state index contributed by atoms with van der Waals surface area (Å²) in [6, 6.07) is 8.65. The highest BCUT2D eigenvalue weighted by Crippen LogP contribution is 2.39. The predicted molar refractivity (Wildman–Crippen MR) is 83.5 cm³/mol. The molecule has 1 aliphatic heterocycles. The van der Waals surface area contributed by atoms with Crippen molar-refractivity contribution in [1.29, 1.82) is 0 Å². The Hall–Kier alpha value is -1.37. The lowest BCUT2D eigenvalue weighted by molar-refractivity contribution is 0.199. The summed E-state index contributed by atoms with van der Waals surface area (Å²) in [6.07, 6.45) is 1.83. The van der Waals surface area contributed by atoms with E-state index in [0.717, 1.165) is 24.7 Å². The van der Waals surface area contributed by atoms with Crippen LogP contribution in [-0.4, -0.2) is 40.8 Å². The van der Waals surface area contributed by atoms with Gasteiger partial charge in [0.25, 0.3) is 0 Å². The summed E-state index contributed by atoms with van der Waals surface area (Å²) in [5.41, 5.74) is 1.44. The number of nitrogens with one attached hydrogen (secondary N) is 1. The monoisotopic (exact) mass is 304 g/mol. The van der Waals surface area contributed by atoms with E-state index < -0.39 is 0 Å². The van der Waals surface area contributed by atoms with Gasteiger partial charge in [0, 0.05) is 30.2 Å². The second-order valence-electron chi connectivity index (χ2n) is 5.10. The molecule has 0 fully saturated rings. The van der Waals surface area contributed by atoms with Crippen molar-refractivity contribution in [1.82, 2.24) is 20.1 Å². The van der Waals surface area contributed by atoms with Crippen LogP contribution in [0.5, 0.6) is 0 Å². The van der Waals surface area contributed by atoms with Crippen LogP contribution >= 0.6 is 11.8 Å². The van der Waals surface area contributed by atoms with E-state index in [4.69, 9.17) is 4.74 Å². The molecular formula is C15H20N4OS. The summed E-state index contributed by atoms with van der Waals surface area (Å²) in [7, 11) is 1.70. The lowest BCUT2D eigenvalue weighted by Crippen LogP contribution is -2.19. The summed E-state index contributed by atoms with van der Waals surface area (Å²) < 4.78 is 6.96. The van der Waals surface area contributed by atoms with Crippen molar-refractivity contribution >= 4 is 11.8 Å². The van der Waals surface area contributed by atoms with Gasteiger partial charge < -0.3 is 10.1 Å². The van der Waals surface area contributed by atoms with Crippen LogP contribution in [0.15, 0.2) is 35.5 Å². The molecule has 0 radical (unpaired) electrons. The molecule has 1 aromatic heterocycles. The van der Waals surface area contributed by atoms with Crippen molar-refractivity contribution in [2.24, 2.45) is 0 Å². The van der Waals surface area contributed by atoms with Gasteiger partial charge in [-0.1, -0.05) is 18.2 Å². The Kier molecular flexibility index (Phi) is 4.90. The Morgan fingerprint density at radius 1 is 1.43 bits per heavy atom. The fourth-order valence-electron chi connectivity index (χ4n) is 2.48.